The first kappa shape index (κ1) is 12.1. The van der Waals surface area contributed by atoms with Crippen molar-refractivity contribution in [3.05, 3.63) is 0 Å². The van der Waals surface area contributed by atoms with Crippen molar-refractivity contribution in [1.29, 1.82) is 0 Å². The van der Waals surface area contributed by atoms with Gasteiger partial charge in [0.2, 0.25) is 0 Å². The predicted molar refractivity (Wildman–Crippen MR) is 54.3 cm³/mol. The maximum absolute atomic E-state index is 10.2. The Morgan fingerprint density at radius 3 is 2.71 bits per heavy atom. The van der Waals surface area contributed by atoms with Crippen molar-refractivity contribution >= 4 is 11.4 Å². The number of hydrogen-bond acceptors (Lipinski definition) is 4. The van der Waals surface area contributed by atoms with Gasteiger partial charge in [-0.05, 0) is 19.8 Å². The van der Waals surface area contributed by atoms with E-state index in [0.717, 1.165) is 0 Å². The van der Waals surface area contributed by atoms with Gasteiger partial charge in [0.1, 0.15) is 0 Å². The lowest BCUT2D eigenvalue weighted by molar-refractivity contribution is 0.204. The second-order valence-electron chi connectivity index (χ2n) is 3.85. The Balaban J connectivity index is 2.09. The molecule has 84 valence electrons. The number of nitrogens with one attached hydrogen (secondary N) is 1. The highest BCUT2D eigenvalue weighted by atomic mass is 32.2. The quantitative estimate of drug-likeness (QED) is 0.705. The van der Waals surface area contributed by atoms with Gasteiger partial charge in [0.15, 0.2) is 0 Å². The van der Waals surface area contributed by atoms with Crippen LogP contribution < -0.4 is 5.32 Å². The highest BCUT2D eigenvalue weighted by molar-refractivity contribution is 7.74. The molecular weight excluding hydrogens is 202 g/mol. The van der Waals surface area contributed by atoms with E-state index >= 15 is 0 Å². The van der Waals surface area contributed by atoms with Crippen molar-refractivity contribution in [3.63, 3.8) is 0 Å². The molecule has 1 saturated carbocycles. The smallest absolute Gasteiger partial charge is 0.0845 e. The van der Waals surface area contributed by atoms with Crippen molar-refractivity contribution in [2.75, 3.05) is 6.54 Å². The number of rotatable bonds is 5. The van der Waals surface area contributed by atoms with E-state index in [1.54, 1.807) is 6.92 Å². The highest BCUT2D eigenvalue weighted by Gasteiger charge is 2.13. The molecule has 0 spiro atoms. The van der Waals surface area contributed by atoms with Gasteiger partial charge in [0.05, 0.1) is 17.5 Å². The Morgan fingerprint density at radius 1 is 1.50 bits per heavy atom. The molecule has 4 nitrogen and oxygen atoms in total. The van der Waals surface area contributed by atoms with E-state index in [2.05, 4.69) is 9.50 Å². The van der Waals surface area contributed by atoms with Crippen LogP contribution >= 0.6 is 0 Å². The lowest BCUT2D eigenvalue weighted by atomic mass is 9.95. The van der Waals surface area contributed by atoms with Crippen LogP contribution in [0.5, 0.6) is 0 Å². The molecule has 1 fully saturated rings. The maximum Gasteiger partial charge on any atom is 0.0845 e. The van der Waals surface area contributed by atoms with Crippen LogP contribution in [0.25, 0.3) is 0 Å². The molecule has 0 heterocycles. The summed E-state index contributed by atoms with van der Waals surface area (Å²) in [7, 11) is 0. The molecule has 5 heteroatoms. The van der Waals surface area contributed by atoms with Gasteiger partial charge in [-0.2, -0.15) is 0 Å². The average Bonchev–Trinajstić information content (AvgIpc) is 2.15. The molecule has 1 N–H and O–H groups in total. The van der Waals surface area contributed by atoms with Gasteiger partial charge >= 0.3 is 0 Å². The summed E-state index contributed by atoms with van der Waals surface area (Å²) in [5, 5.41) is 3.33. The van der Waals surface area contributed by atoms with E-state index in [9.17, 15) is 8.76 Å². The minimum atomic E-state index is -2.39. The first-order chi connectivity index (χ1) is 6.68. The van der Waals surface area contributed by atoms with Crippen molar-refractivity contribution in [1.82, 2.24) is 5.32 Å². The van der Waals surface area contributed by atoms with Gasteiger partial charge in [-0.1, -0.05) is 19.3 Å². The molecule has 0 bridgehead atoms. The van der Waals surface area contributed by atoms with E-state index in [4.69, 9.17) is 0 Å². The topological polar surface area (TPSA) is 61.4 Å². The summed E-state index contributed by atoms with van der Waals surface area (Å²) in [4.78, 5) is 0. The SMILES string of the molecule is CC(CNC1CCCCC1)OS(=O)[O-]. The fraction of sp³-hybridized carbons (Fsp3) is 1.00. The summed E-state index contributed by atoms with van der Waals surface area (Å²) < 4.78 is 25.0. The van der Waals surface area contributed by atoms with Gasteiger partial charge in [0.25, 0.3) is 0 Å². The fourth-order valence-electron chi connectivity index (χ4n) is 1.81. The summed E-state index contributed by atoms with van der Waals surface area (Å²) >= 11 is -2.39. The molecule has 1 aliphatic carbocycles. The molecule has 2 atom stereocenters. The zero-order chi connectivity index (χ0) is 10.4. The highest BCUT2D eigenvalue weighted by Crippen LogP contribution is 2.17. The molecule has 0 radical (unpaired) electrons. The summed E-state index contributed by atoms with van der Waals surface area (Å²) in [6.07, 6.45) is 6.02. The molecule has 0 aliphatic heterocycles. The van der Waals surface area contributed by atoms with Crippen LogP contribution in [0.1, 0.15) is 39.0 Å². The van der Waals surface area contributed by atoms with Gasteiger partial charge in [-0.25, -0.2) is 4.21 Å². The summed E-state index contributed by atoms with van der Waals surface area (Å²) in [6.45, 7) is 2.37. The van der Waals surface area contributed by atoms with Crippen LogP contribution in [0.3, 0.4) is 0 Å². The molecule has 0 aromatic carbocycles. The van der Waals surface area contributed by atoms with Gasteiger partial charge in [0, 0.05) is 12.6 Å². The Kier molecular flexibility index (Phi) is 5.62. The molecule has 14 heavy (non-hydrogen) atoms. The second kappa shape index (κ2) is 6.50. The lowest BCUT2D eigenvalue weighted by Gasteiger charge is -2.24. The third-order valence-electron chi connectivity index (χ3n) is 2.54. The molecule has 0 saturated heterocycles. The number of hydrogen-bond donors (Lipinski definition) is 1. The normalized spacial score (nSPS) is 23.3. The summed E-state index contributed by atoms with van der Waals surface area (Å²) in [5.41, 5.74) is 0. The lowest BCUT2D eigenvalue weighted by Crippen LogP contribution is -2.36. The van der Waals surface area contributed by atoms with Crippen LogP contribution in [-0.2, 0) is 15.5 Å². The molecule has 1 rings (SSSR count). The molecular formula is C9H18NO3S-. The van der Waals surface area contributed by atoms with E-state index in [0.29, 0.717) is 12.6 Å². The average molecular weight is 220 g/mol. The van der Waals surface area contributed by atoms with E-state index in [1.807, 2.05) is 0 Å². The van der Waals surface area contributed by atoms with Gasteiger partial charge in [-0.3, -0.25) is 4.18 Å². The largest absolute Gasteiger partial charge is 0.750 e. The first-order valence-electron chi connectivity index (χ1n) is 5.18. The predicted octanol–water partition coefficient (Wildman–Crippen LogP) is 1.11. The molecule has 1 aliphatic rings. The van der Waals surface area contributed by atoms with Gasteiger partial charge in [-0.15, -0.1) is 0 Å². The third kappa shape index (κ3) is 5.05. The molecule has 0 aromatic heterocycles. The van der Waals surface area contributed by atoms with Crippen LogP contribution in [-0.4, -0.2) is 27.5 Å². The van der Waals surface area contributed by atoms with E-state index in [1.165, 1.54) is 32.1 Å². The minimum Gasteiger partial charge on any atom is -0.750 e. The molecule has 0 aromatic rings. The van der Waals surface area contributed by atoms with Crippen molar-refractivity contribution in [2.45, 2.75) is 51.2 Å². The zero-order valence-corrected chi connectivity index (χ0v) is 9.35. The fourth-order valence-corrected chi connectivity index (χ4v) is 2.14. The monoisotopic (exact) mass is 220 g/mol. The Morgan fingerprint density at radius 2 is 2.14 bits per heavy atom. The Labute approximate surface area is 87.9 Å². The van der Waals surface area contributed by atoms with Crippen LogP contribution in [0.2, 0.25) is 0 Å². The van der Waals surface area contributed by atoms with Gasteiger partial charge < -0.3 is 9.87 Å². The standard InChI is InChI=1S/C9H19NO3S/c1-8(13-14(11)12)7-10-9-5-3-2-4-6-9/h8-10H,2-7H2,1H3,(H,11,12)/p-1. The third-order valence-corrected chi connectivity index (χ3v) is 3.03. The summed E-state index contributed by atoms with van der Waals surface area (Å²) in [6, 6.07) is 0.551. The van der Waals surface area contributed by atoms with Crippen LogP contribution in [0.15, 0.2) is 0 Å². The molecule has 0 amide bonds. The second-order valence-corrected chi connectivity index (χ2v) is 4.45. The maximum atomic E-state index is 10.2. The van der Waals surface area contributed by atoms with Crippen LogP contribution in [0.4, 0.5) is 0 Å². The Hall–Kier alpha value is 0.0300. The first-order valence-corrected chi connectivity index (χ1v) is 6.18. The van der Waals surface area contributed by atoms with Crippen molar-refractivity contribution in [2.24, 2.45) is 0 Å². The summed E-state index contributed by atoms with van der Waals surface area (Å²) in [5.74, 6) is 0. The Bertz CT molecular complexity index is 183. The zero-order valence-electron chi connectivity index (χ0n) is 8.53. The minimum absolute atomic E-state index is 0.268. The van der Waals surface area contributed by atoms with E-state index < -0.39 is 11.4 Å². The van der Waals surface area contributed by atoms with Crippen LogP contribution in [0, 0.1) is 0 Å². The van der Waals surface area contributed by atoms with E-state index in [-0.39, 0.29) is 6.10 Å². The van der Waals surface area contributed by atoms with Crippen molar-refractivity contribution < 1.29 is 12.9 Å². The van der Waals surface area contributed by atoms with Crippen molar-refractivity contribution in [3.8, 4) is 0 Å². The molecule has 2 unspecified atom stereocenters.